The zero-order chi connectivity index (χ0) is 25.4. The number of aromatic nitrogens is 1. The van der Waals surface area contributed by atoms with Crippen LogP contribution in [0.5, 0.6) is 11.5 Å². The van der Waals surface area contributed by atoms with Gasteiger partial charge in [-0.15, -0.1) is 54.3 Å². The number of para-hydroxylation sites is 2. The average molecular weight is 676 g/mol. The second-order valence-electron chi connectivity index (χ2n) is 9.24. The van der Waals surface area contributed by atoms with E-state index in [0.29, 0.717) is 11.5 Å². The number of fused-ring (bicyclic) bond motifs is 1. The van der Waals surface area contributed by atoms with Gasteiger partial charge in [-0.05, 0) is 55.8 Å². The SMILES string of the molecule is Cc1cc(C)c(N2[CH-]N(c3[c-]c(Oc4[c-]c(-c5ccccn5)ccc4)ccc3)c3ccccc32)c(C)c1.[Pt]. The minimum atomic E-state index is 0. The summed E-state index contributed by atoms with van der Waals surface area (Å²) in [5.41, 5.74) is 9.83. The number of hydrogen-bond donors (Lipinski definition) is 0. The first kappa shape index (κ1) is 25.8. The Morgan fingerprint density at radius 1 is 0.711 bits per heavy atom. The Balaban J connectivity index is 0.00000294. The molecule has 4 aromatic carbocycles. The minimum Gasteiger partial charge on any atom is -0.503 e. The van der Waals surface area contributed by atoms with Gasteiger partial charge in [0.15, 0.2) is 0 Å². The van der Waals surface area contributed by atoms with Crippen molar-refractivity contribution < 1.29 is 25.8 Å². The summed E-state index contributed by atoms with van der Waals surface area (Å²) in [6.07, 6.45) is 1.78. The van der Waals surface area contributed by atoms with E-state index in [-0.39, 0.29) is 21.1 Å². The number of rotatable bonds is 5. The molecule has 0 saturated carbocycles. The molecule has 1 aromatic heterocycles. The predicted octanol–water partition coefficient (Wildman–Crippen LogP) is 8.47. The molecule has 1 aliphatic rings. The minimum absolute atomic E-state index is 0. The van der Waals surface area contributed by atoms with Crippen LogP contribution in [-0.2, 0) is 21.1 Å². The number of aryl methyl sites for hydroxylation is 3. The van der Waals surface area contributed by atoms with Crippen molar-refractivity contribution in [3.63, 3.8) is 0 Å². The van der Waals surface area contributed by atoms with E-state index in [1.54, 1.807) is 6.20 Å². The Morgan fingerprint density at radius 3 is 2.08 bits per heavy atom. The third kappa shape index (κ3) is 4.97. The van der Waals surface area contributed by atoms with Gasteiger partial charge >= 0.3 is 0 Å². The molecule has 6 rings (SSSR count). The molecule has 0 N–H and O–H groups in total. The monoisotopic (exact) mass is 675 g/mol. The molecule has 0 bridgehead atoms. The van der Waals surface area contributed by atoms with Gasteiger partial charge in [0.25, 0.3) is 0 Å². The quantitative estimate of drug-likeness (QED) is 0.175. The fraction of sp³-hybridized carbons (Fsp3) is 0.0909. The molecular formula is C33H26N3OPt-3. The molecule has 1 aliphatic heterocycles. The van der Waals surface area contributed by atoms with E-state index in [9.17, 15) is 0 Å². The van der Waals surface area contributed by atoms with Crippen molar-refractivity contribution >= 4 is 22.7 Å². The summed E-state index contributed by atoms with van der Waals surface area (Å²) in [5.74, 6) is 1.24. The van der Waals surface area contributed by atoms with Crippen LogP contribution in [-0.4, -0.2) is 4.98 Å². The molecular weight excluding hydrogens is 649 g/mol. The zero-order valence-corrected chi connectivity index (χ0v) is 23.7. The van der Waals surface area contributed by atoms with Gasteiger partial charge < -0.3 is 19.5 Å². The van der Waals surface area contributed by atoms with Crippen LogP contribution in [0.3, 0.4) is 0 Å². The fourth-order valence-electron chi connectivity index (χ4n) is 4.97. The first-order valence-electron chi connectivity index (χ1n) is 12.3. The molecule has 0 amide bonds. The zero-order valence-electron chi connectivity index (χ0n) is 21.4. The topological polar surface area (TPSA) is 28.6 Å². The van der Waals surface area contributed by atoms with Gasteiger partial charge in [0.1, 0.15) is 0 Å². The van der Waals surface area contributed by atoms with Gasteiger partial charge in [-0.3, -0.25) is 0 Å². The van der Waals surface area contributed by atoms with Gasteiger partial charge in [0.2, 0.25) is 0 Å². The molecule has 2 heterocycles. The third-order valence-corrected chi connectivity index (χ3v) is 6.45. The van der Waals surface area contributed by atoms with Gasteiger partial charge in [0.05, 0.1) is 0 Å². The van der Waals surface area contributed by atoms with Crippen molar-refractivity contribution in [2.24, 2.45) is 0 Å². The van der Waals surface area contributed by atoms with Crippen LogP contribution >= 0.6 is 0 Å². The summed E-state index contributed by atoms with van der Waals surface area (Å²) in [7, 11) is 0. The van der Waals surface area contributed by atoms with Crippen molar-refractivity contribution in [1.29, 1.82) is 0 Å². The Labute approximate surface area is 238 Å². The van der Waals surface area contributed by atoms with E-state index in [1.807, 2.05) is 54.6 Å². The normalized spacial score (nSPS) is 12.2. The first-order valence-corrected chi connectivity index (χ1v) is 12.3. The van der Waals surface area contributed by atoms with E-state index in [4.69, 9.17) is 4.74 Å². The molecule has 4 nitrogen and oxygen atoms in total. The molecule has 0 saturated heterocycles. The maximum atomic E-state index is 6.20. The Bertz CT molecular complexity index is 1560. The summed E-state index contributed by atoms with van der Waals surface area (Å²) in [6.45, 7) is 8.62. The fourth-order valence-corrected chi connectivity index (χ4v) is 4.97. The smallest absolute Gasteiger partial charge is 0.0421 e. The number of hydrogen-bond acceptors (Lipinski definition) is 4. The van der Waals surface area contributed by atoms with E-state index in [0.717, 1.165) is 28.3 Å². The van der Waals surface area contributed by atoms with E-state index in [1.165, 1.54) is 22.4 Å². The molecule has 0 spiro atoms. The molecule has 0 aliphatic carbocycles. The molecule has 5 heteroatoms. The van der Waals surface area contributed by atoms with Gasteiger partial charge in [0, 0.05) is 55.8 Å². The summed E-state index contributed by atoms with van der Waals surface area (Å²) in [6, 6.07) is 37.3. The van der Waals surface area contributed by atoms with E-state index in [2.05, 4.69) is 90.8 Å². The van der Waals surface area contributed by atoms with E-state index >= 15 is 0 Å². The number of ether oxygens (including phenoxy) is 1. The average Bonchev–Trinajstić information content (AvgIpc) is 3.28. The van der Waals surface area contributed by atoms with Crippen LogP contribution < -0.4 is 14.5 Å². The number of nitrogens with zero attached hydrogens (tertiary/aromatic N) is 3. The van der Waals surface area contributed by atoms with Gasteiger partial charge in [-0.2, -0.15) is 6.07 Å². The molecule has 0 fully saturated rings. The Hall–Kier alpha value is -3.88. The summed E-state index contributed by atoms with van der Waals surface area (Å²) < 4.78 is 6.20. The molecule has 0 atom stereocenters. The summed E-state index contributed by atoms with van der Waals surface area (Å²) >= 11 is 0. The van der Waals surface area contributed by atoms with Crippen LogP contribution in [0.2, 0.25) is 0 Å². The third-order valence-electron chi connectivity index (χ3n) is 6.45. The van der Waals surface area contributed by atoms with Crippen LogP contribution in [0.1, 0.15) is 16.7 Å². The first-order chi connectivity index (χ1) is 18.1. The summed E-state index contributed by atoms with van der Waals surface area (Å²) in [5, 5.41) is 0. The van der Waals surface area contributed by atoms with Crippen LogP contribution in [0, 0.1) is 39.6 Å². The number of anilines is 4. The van der Waals surface area contributed by atoms with Crippen LogP contribution in [0.4, 0.5) is 22.7 Å². The second-order valence-corrected chi connectivity index (χ2v) is 9.24. The maximum Gasteiger partial charge on any atom is 0.0421 e. The summed E-state index contributed by atoms with van der Waals surface area (Å²) in [4.78, 5) is 8.85. The maximum absolute atomic E-state index is 6.20. The van der Waals surface area contributed by atoms with Crippen molar-refractivity contribution in [3.8, 4) is 22.8 Å². The van der Waals surface area contributed by atoms with Crippen LogP contribution in [0.25, 0.3) is 11.3 Å². The van der Waals surface area contributed by atoms with Crippen molar-refractivity contribution in [2.45, 2.75) is 20.8 Å². The van der Waals surface area contributed by atoms with E-state index < -0.39 is 0 Å². The molecule has 0 radical (unpaired) electrons. The number of benzene rings is 4. The predicted molar refractivity (Wildman–Crippen MR) is 150 cm³/mol. The van der Waals surface area contributed by atoms with Crippen LogP contribution in [0.15, 0.2) is 97.2 Å². The molecule has 0 unspecified atom stereocenters. The number of pyridine rings is 1. The van der Waals surface area contributed by atoms with Crippen molar-refractivity contribution in [2.75, 3.05) is 9.80 Å². The molecule has 5 aromatic rings. The van der Waals surface area contributed by atoms with Crippen molar-refractivity contribution in [1.82, 2.24) is 4.98 Å². The largest absolute Gasteiger partial charge is 0.503 e. The Morgan fingerprint density at radius 2 is 1.37 bits per heavy atom. The standard InChI is InChI=1S/C33H26N3O.Pt/c1-23-18-24(2)33(25(3)19-23)36-22-35(31-15-4-5-16-32(31)36)27-11-9-13-29(21-27)37-28-12-8-10-26(20-28)30-14-6-7-17-34-30;/h4-19,22H,1-3H3;/q-3;. The van der Waals surface area contributed by atoms with Gasteiger partial charge in [-0.25, -0.2) is 0 Å². The van der Waals surface area contributed by atoms with Crippen molar-refractivity contribution in [3.05, 3.63) is 133 Å². The molecule has 38 heavy (non-hydrogen) atoms. The Kier molecular flexibility index (Phi) is 7.35. The second kappa shape index (κ2) is 10.8. The van der Waals surface area contributed by atoms with Gasteiger partial charge in [-0.1, -0.05) is 48.0 Å². The molecule has 192 valence electrons.